The number of aliphatic hydroxyl groups excluding tert-OH is 1. The zero-order valence-electron chi connectivity index (χ0n) is 10.6. The lowest BCUT2D eigenvalue weighted by molar-refractivity contribution is 0.153. The third-order valence-electron chi connectivity index (χ3n) is 3.41. The summed E-state index contributed by atoms with van der Waals surface area (Å²) in [5, 5.41) is 9.10. The summed E-state index contributed by atoms with van der Waals surface area (Å²) in [4.78, 5) is 1.96. The Morgan fingerprint density at radius 2 is 2.00 bits per heavy atom. The van der Waals surface area contributed by atoms with E-state index in [1.807, 2.05) is 4.90 Å². The van der Waals surface area contributed by atoms with Crippen molar-refractivity contribution in [1.82, 2.24) is 4.90 Å². The molecule has 106 valence electrons. The first-order valence-electron chi connectivity index (χ1n) is 6.30. The van der Waals surface area contributed by atoms with E-state index in [2.05, 4.69) is 0 Å². The highest BCUT2D eigenvalue weighted by Gasteiger charge is 2.31. The number of aliphatic hydroxyl groups is 1. The van der Waals surface area contributed by atoms with Gasteiger partial charge in [-0.3, -0.25) is 4.90 Å². The first-order chi connectivity index (χ1) is 9.00. The highest BCUT2D eigenvalue weighted by molar-refractivity contribution is 7.91. The Hall–Kier alpha value is -0.980. The first kappa shape index (κ1) is 14.4. The maximum Gasteiger partial charge on any atom is 0.151 e. The lowest BCUT2D eigenvalue weighted by atomic mass is 10.1. The molecule has 1 aliphatic rings. The summed E-state index contributed by atoms with van der Waals surface area (Å²) >= 11 is 0. The largest absolute Gasteiger partial charge is 0.395 e. The lowest BCUT2D eigenvalue weighted by Crippen LogP contribution is -2.37. The van der Waals surface area contributed by atoms with E-state index in [0.717, 1.165) is 5.56 Å². The Morgan fingerprint density at radius 1 is 1.32 bits per heavy atom. The molecular weight excluding hydrogens is 269 g/mol. The molecule has 0 amide bonds. The Morgan fingerprint density at radius 3 is 2.53 bits per heavy atom. The van der Waals surface area contributed by atoms with Crippen LogP contribution in [0.5, 0.6) is 0 Å². The van der Waals surface area contributed by atoms with Gasteiger partial charge in [0.1, 0.15) is 5.82 Å². The zero-order chi connectivity index (χ0) is 13.9. The molecule has 0 aromatic heterocycles. The third kappa shape index (κ3) is 3.99. The van der Waals surface area contributed by atoms with Crippen molar-refractivity contribution in [1.29, 1.82) is 0 Å². The van der Waals surface area contributed by atoms with Crippen molar-refractivity contribution < 1.29 is 17.9 Å². The van der Waals surface area contributed by atoms with Crippen LogP contribution in [0.2, 0.25) is 0 Å². The smallest absolute Gasteiger partial charge is 0.151 e. The van der Waals surface area contributed by atoms with Crippen molar-refractivity contribution >= 4 is 9.84 Å². The molecular formula is C13H18FNO3S. The molecule has 1 saturated heterocycles. The van der Waals surface area contributed by atoms with Crippen molar-refractivity contribution in [2.75, 3.05) is 24.7 Å². The van der Waals surface area contributed by atoms with Crippen molar-refractivity contribution in [3.8, 4) is 0 Å². The summed E-state index contributed by atoms with van der Waals surface area (Å²) in [6.07, 6.45) is 0.601. The van der Waals surface area contributed by atoms with Crippen LogP contribution in [0.15, 0.2) is 24.3 Å². The molecule has 1 aromatic rings. The second-order valence-electron chi connectivity index (χ2n) is 4.88. The van der Waals surface area contributed by atoms with Gasteiger partial charge in [-0.25, -0.2) is 12.8 Å². The van der Waals surface area contributed by atoms with E-state index >= 15 is 0 Å². The monoisotopic (exact) mass is 287 g/mol. The second kappa shape index (κ2) is 5.98. The second-order valence-corrected chi connectivity index (χ2v) is 7.11. The van der Waals surface area contributed by atoms with E-state index in [4.69, 9.17) is 5.11 Å². The van der Waals surface area contributed by atoms with E-state index in [9.17, 15) is 12.8 Å². The predicted molar refractivity (Wildman–Crippen MR) is 71.0 cm³/mol. The number of hydrogen-bond acceptors (Lipinski definition) is 4. The fourth-order valence-corrected chi connectivity index (χ4v) is 4.17. The Bertz CT molecular complexity index is 515. The van der Waals surface area contributed by atoms with Gasteiger partial charge in [0, 0.05) is 19.1 Å². The van der Waals surface area contributed by atoms with Gasteiger partial charge in [-0.15, -0.1) is 0 Å². The quantitative estimate of drug-likeness (QED) is 0.870. The van der Waals surface area contributed by atoms with Crippen molar-refractivity contribution in [3.63, 3.8) is 0 Å². The van der Waals surface area contributed by atoms with Gasteiger partial charge in [0.15, 0.2) is 9.84 Å². The van der Waals surface area contributed by atoms with Crippen LogP contribution in [0, 0.1) is 5.82 Å². The topological polar surface area (TPSA) is 57.6 Å². The third-order valence-corrected chi connectivity index (χ3v) is 5.16. The minimum Gasteiger partial charge on any atom is -0.395 e. The van der Waals surface area contributed by atoms with Gasteiger partial charge in [-0.2, -0.15) is 0 Å². The summed E-state index contributed by atoms with van der Waals surface area (Å²) < 4.78 is 35.9. The van der Waals surface area contributed by atoms with E-state index < -0.39 is 9.84 Å². The fraction of sp³-hybridized carbons (Fsp3) is 0.538. The highest BCUT2D eigenvalue weighted by Crippen LogP contribution is 2.19. The van der Waals surface area contributed by atoms with Crippen molar-refractivity contribution in [2.24, 2.45) is 0 Å². The summed E-state index contributed by atoms with van der Waals surface area (Å²) in [5.74, 6) is 0.0675. The predicted octanol–water partition coefficient (Wildman–Crippen LogP) is 0.807. The van der Waals surface area contributed by atoms with Crippen molar-refractivity contribution in [2.45, 2.75) is 19.0 Å². The van der Waals surface area contributed by atoms with E-state index in [-0.39, 0.29) is 30.0 Å². The standard InChI is InChI=1S/C13H18FNO3S/c14-12-3-1-11(2-4-12)9-15(6-7-16)13-5-8-19(17,18)10-13/h1-4,13,16H,5-10H2. The maximum atomic E-state index is 12.8. The molecule has 1 unspecified atom stereocenters. The molecule has 2 rings (SSSR count). The van der Waals surface area contributed by atoms with Crippen LogP contribution in [0.4, 0.5) is 4.39 Å². The van der Waals surface area contributed by atoms with E-state index in [0.29, 0.717) is 19.5 Å². The molecule has 1 aromatic carbocycles. The van der Waals surface area contributed by atoms with Gasteiger partial charge in [-0.1, -0.05) is 12.1 Å². The molecule has 19 heavy (non-hydrogen) atoms. The molecule has 1 N–H and O–H groups in total. The average molecular weight is 287 g/mol. The Balaban J connectivity index is 2.06. The number of sulfone groups is 1. The summed E-state index contributed by atoms with van der Waals surface area (Å²) in [6.45, 7) is 0.941. The number of hydrogen-bond donors (Lipinski definition) is 1. The normalized spacial score (nSPS) is 21.9. The molecule has 4 nitrogen and oxygen atoms in total. The SMILES string of the molecule is O=S1(=O)CCC(N(CCO)Cc2ccc(F)cc2)C1. The maximum absolute atomic E-state index is 12.8. The summed E-state index contributed by atoms with van der Waals surface area (Å²) in [6, 6.07) is 6.09. The van der Waals surface area contributed by atoms with Crippen LogP contribution in [-0.2, 0) is 16.4 Å². The van der Waals surface area contributed by atoms with E-state index in [1.165, 1.54) is 12.1 Å². The number of rotatable bonds is 5. The molecule has 0 aliphatic carbocycles. The highest BCUT2D eigenvalue weighted by atomic mass is 32.2. The fourth-order valence-electron chi connectivity index (χ4n) is 2.41. The van der Waals surface area contributed by atoms with Crippen LogP contribution in [0.1, 0.15) is 12.0 Å². The molecule has 0 spiro atoms. The molecule has 0 bridgehead atoms. The van der Waals surface area contributed by atoms with Gasteiger partial charge >= 0.3 is 0 Å². The lowest BCUT2D eigenvalue weighted by Gasteiger charge is -2.27. The molecule has 1 aliphatic heterocycles. The minimum atomic E-state index is -2.94. The molecule has 6 heteroatoms. The number of nitrogens with zero attached hydrogens (tertiary/aromatic N) is 1. The number of benzene rings is 1. The number of halogens is 1. The van der Waals surface area contributed by atoms with Gasteiger partial charge in [0.05, 0.1) is 18.1 Å². The van der Waals surface area contributed by atoms with Gasteiger partial charge in [-0.05, 0) is 24.1 Å². The van der Waals surface area contributed by atoms with Crippen molar-refractivity contribution in [3.05, 3.63) is 35.6 Å². The van der Waals surface area contributed by atoms with Gasteiger partial charge in [0.25, 0.3) is 0 Å². The average Bonchev–Trinajstić information content (AvgIpc) is 2.72. The Kier molecular flexibility index (Phi) is 4.54. The van der Waals surface area contributed by atoms with E-state index in [1.54, 1.807) is 12.1 Å². The molecule has 1 heterocycles. The summed E-state index contributed by atoms with van der Waals surface area (Å²) in [5.41, 5.74) is 0.916. The minimum absolute atomic E-state index is 0.0161. The van der Waals surface area contributed by atoms with Crippen LogP contribution >= 0.6 is 0 Å². The molecule has 0 radical (unpaired) electrons. The molecule has 1 fully saturated rings. The van der Waals surface area contributed by atoms with Crippen LogP contribution in [0.3, 0.4) is 0 Å². The molecule has 0 saturated carbocycles. The zero-order valence-corrected chi connectivity index (χ0v) is 11.4. The Labute approximate surface area is 112 Å². The summed E-state index contributed by atoms with van der Waals surface area (Å²) in [7, 11) is -2.94. The molecule has 1 atom stereocenters. The first-order valence-corrected chi connectivity index (χ1v) is 8.12. The van der Waals surface area contributed by atoms with Crippen LogP contribution < -0.4 is 0 Å². The van der Waals surface area contributed by atoms with Crippen LogP contribution in [-0.4, -0.2) is 49.1 Å². The van der Waals surface area contributed by atoms with Crippen LogP contribution in [0.25, 0.3) is 0 Å². The van der Waals surface area contributed by atoms with Gasteiger partial charge in [0.2, 0.25) is 0 Å². The van der Waals surface area contributed by atoms with Gasteiger partial charge < -0.3 is 5.11 Å².